The van der Waals surface area contributed by atoms with Gasteiger partial charge in [-0.2, -0.15) is 5.26 Å². The lowest BCUT2D eigenvalue weighted by molar-refractivity contribution is -0.120. The van der Waals surface area contributed by atoms with Crippen LogP contribution in [0.3, 0.4) is 0 Å². The summed E-state index contributed by atoms with van der Waals surface area (Å²) in [4.78, 5) is 11.5. The van der Waals surface area contributed by atoms with E-state index in [-0.39, 0.29) is 18.9 Å². The van der Waals surface area contributed by atoms with Crippen molar-refractivity contribution in [3.8, 4) is 11.8 Å². The third kappa shape index (κ3) is 3.65. The maximum absolute atomic E-state index is 11.5. The average molecular weight is 253 g/mol. The summed E-state index contributed by atoms with van der Waals surface area (Å²) in [5.41, 5.74) is 1.59. The van der Waals surface area contributed by atoms with Crippen LogP contribution >= 0.6 is 11.6 Å². The van der Waals surface area contributed by atoms with Gasteiger partial charge in [0, 0.05) is 10.6 Å². The Morgan fingerprint density at radius 3 is 2.88 bits per heavy atom. The number of carbonyl (C=O) groups excluding carboxylic acids is 1. The molecule has 0 fully saturated rings. The molecule has 0 saturated carbocycles. The zero-order valence-corrected chi connectivity index (χ0v) is 10.5. The van der Waals surface area contributed by atoms with Crippen molar-refractivity contribution in [1.82, 2.24) is 5.32 Å². The fourth-order valence-electron chi connectivity index (χ4n) is 1.60. The predicted octanol–water partition coefficient (Wildman–Crippen LogP) is 1.84. The van der Waals surface area contributed by atoms with E-state index in [1.165, 1.54) is 0 Å². The second-order valence-corrected chi connectivity index (χ2v) is 3.96. The highest BCUT2D eigenvalue weighted by molar-refractivity contribution is 6.30. The maximum Gasteiger partial charge on any atom is 0.225 e. The topological polar surface area (TPSA) is 62.1 Å². The van der Waals surface area contributed by atoms with Gasteiger partial charge in [0.25, 0.3) is 0 Å². The van der Waals surface area contributed by atoms with E-state index < -0.39 is 0 Å². The van der Waals surface area contributed by atoms with Gasteiger partial charge in [-0.05, 0) is 24.6 Å². The van der Waals surface area contributed by atoms with Crippen molar-refractivity contribution in [3.63, 3.8) is 0 Å². The van der Waals surface area contributed by atoms with E-state index in [9.17, 15) is 4.79 Å². The van der Waals surface area contributed by atoms with Crippen molar-refractivity contribution in [2.75, 3.05) is 13.7 Å². The molecule has 1 aromatic rings. The molecule has 0 aromatic heterocycles. The van der Waals surface area contributed by atoms with Crippen LogP contribution in [0.15, 0.2) is 12.1 Å². The smallest absolute Gasteiger partial charge is 0.225 e. The number of nitrogens with zero attached hydrogens (tertiary/aromatic N) is 1. The number of methoxy groups -OCH3 is 1. The van der Waals surface area contributed by atoms with Crippen molar-refractivity contribution >= 4 is 17.5 Å². The molecule has 17 heavy (non-hydrogen) atoms. The Labute approximate surface area is 105 Å². The summed E-state index contributed by atoms with van der Waals surface area (Å²) in [6.45, 7) is 1.86. The molecule has 0 spiro atoms. The average Bonchev–Trinajstić information content (AvgIpc) is 2.25. The normalized spacial score (nSPS) is 9.53. The molecule has 5 heteroatoms. The first-order chi connectivity index (χ1) is 8.08. The van der Waals surface area contributed by atoms with E-state index in [1.807, 2.05) is 13.0 Å². The molecule has 0 radical (unpaired) electrons. The van der Waals surface area contributed by atoms with Gasteiger partial charge in [0.2, 0.25) is 5.91 Å². The zero-order chi connectivity index (χ0) is 12.8. The molecule has 0 aliphatic rings. The van der Waals surface area contributed by atoms with E-state index in [0.29, 0.717) is 16.3 Å². The fourth-order valence-corrected chi connectivity index (χ4v) is 1.89. The molecule has 0 heterocycles. The largest absolute Gasteiger partial charge is 0.496 e. The summed E-state index contributed by atoms with van der Waals surface area (Å²) in [6.07, 6.45) is 0.145. The second kappa shape index (κ2) is 6.12. The van der Waals surface area contributed by atoms with Crippen molar-refractivity contribution in [2.24, 2.45) is 0 Å². The lowest BCUT2D eigenvalue weighted by Crippen LogP contribution is -2.25. The third-order valence-corrected chi connectivity index (χ3v) is 2.45. The van der Waals surface area contributed by atoms with Crippen LogP contribution < -0.4 is 10.1 Å². The van der Waals surface area contributed by atoms with Gasteiger partial charge in [0.05, 0.1) is 19.6 Å². The molecule has 90 valence electrons. The lowest BCUT2D eigenvalue weighted by atomic mass is 10.1. The molecule has 0 aliphatic carbocycles. The lowest BCUT2D eigenvalue weighted by Gasteiger charge is -2.11. The SMILES string of the molecule is COc1c(C)cc(Cl)cc1CC(=O)NCC#N. The highest BCUT2D eigenvalue weighted by Gasteiger charge is 2.11. The Kier molecular flexibility index (Phi) is 4.80. The van der Waals surface area contributed by atoms with Gasteiger partial charge in [0.15, 0.2) is 0 Å². The minimum absolute atomic E-state index is 0.000691. The summed E-state index contributed by atoms with van der Waals surface area (Å²) in [5, 5.41) is 11.4. The van der Waals surface area contributed by atoms with Crippen LogP contribution in [0.4, 0.5) is 0 Å². The minimum Gasteiger partial charge on any atom is -0.496 e. The van der Waals surface area contributed by atoms with Gasteiger partial charge < -0.3 is 10.1 Å². The van der Waals surface area contributed by atoms with Gasteiger partial charge >= 0.3 is 0 Å². The first kappa shape index (κ1) is 13.3. The van der Waals surface area contributed by atoms with Crippen molar-refractivity contribution in [3.05, 3.63) is 28.3 Å². The summed E-state index contributed by atoms with van der Waals surface area (Å²) < 4.78 is 5.23. The molecular formula is C12H13ClN2O2. The van der Waals surface area contributed by atoms with E-state index in [4.69, 9.17) is 21.6 Å². The van der Waals surface area contributed by atoms with Crippen LogP contribution in [0.25, 0.3) is 0 Å². The Balaban J connectivity index is 2.90. The van der Waals surface area contributed by atoms with E-state index >= 15 is 0 Å². The van der Waals surface area contributed by atoms with E-state index in [2.05, 4.69) is 5.32 Å². The molecule has 0 bridgehead atoms. The molecule has 1 rings (SSSR count). The number of halogens is 1. The van der Waals surface area contributed by atoms with Crippen molar-refractivity contribution in [1.29, 1.82) is 5.26 Å². The number of carbonyl (C=O) groups is 1. The maximum atomic E-state index is 11.5. The first-order valence-corrected chi connectivity index (χ1v) is 5.43. The quantitative estimate of drug-likeness (QED) is 0.832. The minimum atomic E-state index is -0.230. The molecule has 0 unspecified atom stereocenters. The van der Waals surface area contributed by atoms with Gasteiger partial charge in [-0.15, -0.1) is 0 Å². The molecule has 0 aliphatic heterocycles. The first-order valence-electron chi connectivity index (χ1n) is 5.05. The number of hydrogen-bond donors (Lipinski definition) is 1. The molecule has 0 atom stereocenters. The van der Waals surface area contributed by atoms with Gasteiger partial charge in [-0.3, -0.25) is 4.79 Å². The summed E-state index contributed by atoms with van der Waals surface area (Å²) in [7, 11) is 1.55. The monoisotopic (exact) mass is 252 g/mol. The standard InChI is InChI=1S/C12H13ClN2O2/c1-8-5-10(13)6-9(12(8)17-2)7-11(16)15-4-3-14/h5-6H,4,7H2,1-2H3,(H,15,16). The molecule has 4 nitrogen and oxygen atoms in total. The molecule has 1 aromatic carbocycles. The molecule has 1 N–H and O–H groups in total. The number of benzene rings is 1. The molecule has 0 saturated heterocycles. The number of rotatable bonds is 4. The number of ether oxygens (including phenoxy) is 1. The van der Waals surface area contributed by atoms with E-state index in [1.54, 1.807) is 19.2 Å². The van der Waals surface area contributed by atoms with Gasteiger partial charge in [0.1, 0.15) is 12.3 Å². The van der Waals surface area contributed by atoms with Crippen molar-refractivity contribution < 1.29 is 9.53 Å². The van der Waals surface area contributed by atoms with Crippen LogP contribution in [-0.2, 0) is 11.2 Å². The van der Waals surface area contributed by atoms with Crippen LogP contribution in [0.1, 0.15) is 11.1 Å². The number of nitrogens with one attached hydrogen (secondary N) is 1. The van der Waals surface area contributed by atoms with Crippen molar-refractivity contribution in [2.45, 2.75) is 13.3 Å². The number of amides is 1. The highest BCUT2D eigenvalue weighted by Crippen LogP contribution is 2.27. The molecule has 1 amide bonds. The highest BCUT2D eigenvalue weighted by atomic mass is 35.5. The summed E-state index contributed by atoms with van der Waals surface area (Å²) in [5.74, 6) is 0.424. The third-order valence-electron chi connectivity index (χ3n) is 2.24. The Bertz CT molecular complexity index is 466. The fraction of sp³-hybridized carbons (Fsp3) is 0.333. The Morgan fingerprint density at radius 2 is 2.29 bits per heavy atom. The number of hydrogen-bond acceptors (Lipinski definition) is 3. The van der Waals surface area contributed by atoms with Crippen LogP contribution in [-0.4, -0.2) is 19.6 Å². The second-order valence-electron chi connectivity index (χ2n) is 3.53. The predicted molar refractivity (Wildman–Crippen MR) is 65.1 cm³/mol. The number of nitriles is 1. The van der Waals surface area contributed by atoms with Gasteiger partial charge in [-0.25, -0.2) is 0 Å². The van der Waals surface area contributed by atoms with Gasteiger partial charge in [-0.1, -0.05) is 11.6 Å². The summed E-state index contributed by atoms with van der Waals surface area (Å²) >= 11 is 5.93. The van der Waals surface area contributed by atoms with Crippen LogP contribution in [0.5, 0.6) is 5.75 Å². The zero-order valence-electron chi connectivity index (χ0n) is 9.71. The molecular weight excluding hydrogens is 240 g/mol. The Hall–Kier alpha value is -1.73. The number of aryl methyl sites for hydroxylation is 1. The van der Waals surface area contributed by atoms with E-state index in [0.717, 1.165) is 5.56 Å². The van der Waals surface area contributed by atoms with Crippen LogP contribution in [0.2, 0.25) is 5.02 Å². The summed E-state index contributed by atoms with van der Waals surface area (Å²) in [6, 6.07) is 5.32. The van der Waals surface area contributed by atoms with Crippen LogP contribution in [0, 0.1) is 18.3 Å². The Morgan fingerprint density at radius 1 is 1.59 bits per heavy atom.